The lowest BCUT2D eigenvalue weighted by atomic mass is 9.85. The molecule has 2 amide bonds. The van der Waals surface area contributed by atoms with Gasteiger partial charge in [0.15, 0.2) is 5.78 Å². The Hall–Kier alpha value is -1.94. The molecule has 0 spiro atoms. The average molecular weight is 304 g/mol. The number of rotatable bonds is 2. The minimum Gasteiger partial charge on any atom is -0.295 e. The fourth-order valence-electron chi connectivity index (χ4n) is 2.95. The third-order valence-corrected chi connectivity index (χ3v) is 4.39. The van der Waals surface area contributed by atoms with Crippen molar-refractivity contribution >= 4 is 34.9 Å². The molecule has 21 heavy (non-hydrogen) atoms. The van der Waals surface area contributed by atoms with Gasteiger partial charge >= 0.3 is 0 Å². The highest BCUT2D eigenvalue weighted by Gasteiger charge is 2.48. The van der Waals surface area contributed by atoms with E-state index in [9.17, 15) is 14.4 Å². The van der Waals surface area contributed by atoms with Gasteiger partial charge < -0.3 is 0 Å². The number of amides is 2. The van der Waals surface area contributed by atoms with E-state index in [1.807, 2.05) is 6.08 Å². The molecule has 0 aromatic heterocycles. The fourth-order valence-corrected chi connectivity index (χ4v) is 3.20. The van der Waals surface area contributed by atoms with Crippen LogP contribution in [0.1, 0.15) is 30.1 Å². The number of ketones is 1. The molecule has 0 saturated carbocycles. The number of benzene rings is 1. The summed E-state index contributed by atoms with van der Waals surface area (Å²) < 4.78 is 0. The first-order valence-electron chi connectivity index (χ1n) is 6.82. The number of Topliss-reactive ketones (excluding diaryl/α,β-unsaturated/α-hetero) is 1. The standard InChI is InChI=1S/C16H14ClNO3/c1-9(19)10-3-2-4-12(7-10)18-15(20)13-6-5-11(17)8-14(13)16(18)21/h2-5,7,13-14H,6,8H2,1H3. The Morgan fingerprint density at radius 1 is 1.24 bits per heavy atom. The highest BCUT2D eigenvalue weighted by Crippen LogP contribution is 2.40. The van der Waals surface area contributed by atoms with E-state index in [1.165, 1.54) is 11.8 Å². The second-order valence-electron chi connectivity index (χ2n) is 5.42. The largest absolute Gasteiger partial charge is 0.295 e. The molecule has 2 unspecified atom stereocenters. The van der Waals surface area contributed by atoms with Crippen LogP contribution < -0.4 is 4.90 Å². The highest BCUT2D eigenvalue weighted by atomic mass is 35.5. The van der Waals surface area contributed by atoms with Gasteiger partial charge in [0.1, 0.15) is 0 Å². The van der Waals surface area contributed by atoms with Gasteiger partial charge in [-0.2, -0.15) is 0 Å². The summed E-state index contributed by atoms with van der Waals surface area (Å²) in [5.41, 5.74) is 0.947. The number of halogens is 1. The van der Waals surface area contributed by atoms with Crippen molar-refractivity contribution in [3.63, 3.8) is 0 Å². The maximum Gasteiger partial charge on any atom is 0.238 e. The molecule has 108 valence electrons. The van der Waals surface area contributed by atoms with Crippen molar-refractivity contribution in [2.75, 3.05) is 4.90 Å². The summed E-state index contributed by atoms with van der Waals surface area (Å²) in [6.07, 6.45) is 2.72. The van der Waals surface area contributed by atoms with Crippen molar-refractivity contribution in [3.05, 3.63) is 40.9 Å². The quantitative estimate of drug-likeness (QED) is 0.623. The summed E-state index contributed by atoms with van der Waals surface area (Å²) in [7, 11) is 0. The topological polar surface area (TPSA) is 54.5 Å². The number of hydrogen-bond acceptors (Lipinski definition) is 3. The van der Waals surface area contributed by atoms with Crippen LogP contribution >= 0.6 is 11.6 Å². The highest BCUT2D eigenvalue weighted by molar-refractivity contribution is 6.30. The second-order valence-corrected chi connectivity index (χ2v) is 5.91. The predicted molar refractivity (Wildman–Crippen MR) is 79.1 cm³/mol. The summed E-state index contributed by atoms with van der Waals surface area (Å²) in [6, 6.07) is 6.61. The zero-order chi connectivity index (χ0) is 15.1. The molecule has 2 atom stereocenters. The number of nitrogens with zero attached hydrogens (tertiary/aromatic N) is 1. The number of fused-ring (bicyclic) bond motifs is 1. The Bertz CT molecular complexity index is 680. The Morgan fingerprint density at radius 2 is 1.95 bits per heavy atom. The van der Waals surface area contributed by atoms with Crippen LogP contribution in [-0.2, 0) is 9.59 Å². The van der Waals surface area contributed by atoms with Gasteiger partial charge in [0.05, 0.1) is 17.5 Å². The molecule has 3 rings (SSSR count). The van der Waals surface area contributed by atoms with Gasteiger partial charge in [-0.3, -0.25) is 19.3 Å². The van der Waals surface area contributed by atoms with Gasteiger partial charge in [0.25, 0.3) is 0 Å². The minimum absolute atomic E-state index is 0.0990. The molecule has 1 saturated heterocycles. The molecule has 1 aliphatic carbocycles. The minimum atomic E-state index is -0.379. The molecule has 0 bridgehead atoms. The zero-order valence-electron chi connectivity index (χ0n) is 11.5. The lowest BCUT2D eigenvalue weighted by Gasteiger charge is -2.17. The summed E-state index contributed by atoms with van der Waals surface area (Å²) in [5, 5.41) is 0.636. The van der Waals surface area contributed by atoms with E-state index in [-0.39, 0.29) is 29.4 Å². The first-order chi connectivity index (χ1) is 9.99. The van der Waals surface area contributed by atoms with Gasteiger partial charge in [-0.15, -0.1) is 0 Å². The third-order valence-electron chi connectivity index (χ3n) is 4.08. The van der Waals surface area contributed by atoms with Crippen molar-refractivity contribution in [1.82, 2.24) is 0 Å². The monoisotopic (exact) mass is 303 g/mol. The van der Waals surface area contributed by atoms with Crippen LogP contribution in [-0.4, -0.2) is 17.6 Å². The van der Waals surface area contributed by atoms with E-state index in [0.29, 0.717) is 29.1 Å². The van der Waals surface area contributed by atoms with Crippen LogP contribution in [0.3, 0.4) is 0 Å². The number of anilines is 1. The molecule has 1 aromatic rings. The van der Waals surface area contributed by atoms with Crippen LogP contribution in [0.2, 0.25) is 0 Å². The van der Waals surface area contributed by atoms with Gasteiger partial charge in [0.2, 0.25) is 11.8 Å². The molecule has 1 heterocycles. The average Bonchev–Trinajstić information content (AvgIpc) is 2.70. The number of imide groups is 1. The predicted octanol–water partition coefficient (Wildman–Crippen LogP) is 2.91. The van der Waals surface area contributed by atoms with E-state index in [0.717, 1.165) is 0 Å². The lowest BCUT2D eigenvalue weighted by molar-refractivity contribution is -0.122. The first-order valence-corrected chi connectivity index (χ1v) is 7.20. The van der Waals surface area contributed by atoms with Crippen LogP contribution in [0.5, 0.6) is 0 Å². The summed E-state index contributed by atoms with van der Waals surface area (Å²) in [6.45, 7) is 1.45. The summed E-state index contributed by atoms with van der Waals surface area (Å²) in [5.74, 6) is -1.24. The van der Waals surface area contributed by atoms with E-state index in [4.69, 9.17) is 11.6 Å². The SMILES string of the molecule is CC(=O)c1cccc(N2C(=O)C3CC=C(Cl)CC3C2=O)c1. The Labute approximate surface area is 127 Å². The molecule has 1 aromatic carbocycles. The maximum absolute atomic E-state index is 12.5. The van der Waals surface area contributed by atoms with Crippen molar-refractivity contribution < 1.29 is 14.4 Å². The van der Waals surface area contributed by atoms with Crippen LogP contribution in [0, 0.1) is 11.8 Å². The first kappa shape index (κ1) is 14.0. The van der Waals surface area contributed by atoms with E-state index < -0.39 is 0 Å². The number of carbonyl (C=O) groups is 3. The molecule has 1 fully saturated rings. The molecule has 2 aliphatic rings. The Kier molecular flexibility index (Phi) is 3.41. The third kappa shape index (κ3) is 2.29. The van der Waals surface area contributed by atoms with Gasteiger partial charge in [-0.25, -0.2) is 0 Å². The zero-order valence-corrected chi connectivity index (χ0v) is 12.3. The Balaban J connectivity index is 1.97. The number of allylic oxidation sites excluding steroid dienone is 2. The molecular formula is C16H14ClNO3. The molecular weight excluding hydrogens is 290 g/mol. The van der Waals surface area contributed by atoms with Gasteiger partial charge in [0, 0.05) is 10.6 Å². The maximum atomic E-state index is 12.5. The smallest absolute Gasteiger partial charge is 0.238 e. The van der Waals surface area contributed by atoms with Crippen molar-refractivity contribution in [1.29, 1.82) is 0 Å². The van der Waals surface area contributed by atoms with Gasteiger partial charge in [-0.05, 0) is 31.9 Å². The van der Waals surface area contributed by atoms with Crippen LogP contribution in [0.4, 0.5) is 5.69 Å². The second kappa shape index (κ2) is 5.11. The normalized spacial score (nSPS) is 24.9. The fraction of sp³-hybridized carbons (Fsp3) is 0.312. The van der Waals surface area contributed by atoms with Crippen molar-refractivity contribution in [2.24, 2.45) is 11.8 Å². The molecule has 4 nitrogen and oxygen atoms in total. The number of hydrogen-bond donors (Lipinski definition) is 0. The molecule has 5 heteroatoms. The number of carbonyl (C=O) groups excluding carboxylic acids is 3. The van der Waals surface area contributed by atoms with E-state index in [1.54, 1.807) is 24.3 Å². The summed E-state index contributed by atoms with van der Waals surface area (Å²) >= 11 is 5.99. The molecule has 0 N–H and O–H groups in total. The van der Waals surface area contributed by atoms with E-state index >= 15 is 0 Å². The van der Waals surface area contributed by atoms with E-state index in [2.05, 4.69) is 0 Å². The van der Waals surface area contributed by atoms with Gasteiger partial charge in [-0.1, -0.05) is 29.8 Å². The lowest BCUT2D eigenvalue weighted by Crippen LogP contribution is -2.31. The van der Waals surface area contributed by atoms with Crippen molar-refractivity contribution in [3.8, 4) is 0 Å². The molecule has 1 aliphatic heterocycles. The Morgan fingerprint density at radius 3 is 2.67 bits per heavy atom. The van der Waals surface area contributed by atoms with Crippen LogP contribution in [0.25, 0.3) is 0 Å². The van der Waals surface area contributed by atoms with Crippen molar-refractivity contribution in [2.45, 2.75) is 19.8 Å². The summed E-state index contributed by atoms with van der Waals surface area (Å²) in [4.78, 5) is 37.7. The van der Waals surface area contributed by atoms with Crippen LogP contribution in [0.15, 0.2) is 35.4 Å². The molecule has 0 radical (unpaired) electrons.